The SMILES string of the molecule is CC[C@@H](N)c1ccccc1Sc1ncco1. The molecule has 1 heterocycles. The van der Waals surface area contributed by atoms with Gasteiger partial charge < -0.3 is 10.2 Å². The van der Waals surface area contributed by atoms with E-state index in [0.29, 0.717) is 5.22 Å². The van der Waals surface area contributed by atoms with E-state index in [1.54, 1.807) is 12.5 Å². The second kappa shape index (κ2) is 5.18. The van der Waals surface area contributed by atoms with Gasteiger partial charge in [-0.2, -0.15) is 0 Å². The van der Waals surface area contributed by atoms with Crippen molar-refractivity contribution in [2.75, 3.05) is 0 Å². The Bertz CT molecular complexity index is 442. The van der Waals surface area contributed by atoms with Gasteiger partial charge in [-0.3, -0.25) is 0 Å². The van der Waals surface area contributed by atoms with Gasteiger partial charge in [0, 0.05) is 10.9 Å². The van der Waals surface area contributed by atoms with E-state index in [0.717, 1.165) is 16.9 Å². The van der Waals surface area contributed by atoms with Crippen LogP contribution in [0.25, 0.3) is 0 Å². The molecule has 0 bridgehead atoms. The monoisotopic (exact) mass is 234 g/mol. The van der Waals surface area contributed by atoms with Crippen LogP contribution in [0.2, 0.25) is 0 Å². The summed E-state index contributed by atoms with van der Waals surface area (Å²) in [5, 5.41) is 0.649. The Labute approximate surface area is 99.1 Å². The maximum atomic E-state index is 6.06. The maximum Gasteiger partial charge on any atom is 0.260 e. The third-order valence-electron chi connectivity index (χ3n) is 2.37. The largest absolute Gasteiger partial charge is 0.440 e. The van der Waals surface area contributed by atoms with Crippen molar-refractivity contribution in [1.29, 1.82) is 0 Å². The van der Waals surface area contributed by atoms with Gasteiger partial charge in [0.15, 0.2) is 0 Å². The van der Waals surface area contributed by atoms with Crippen LogP contribution in [0.1, 0.15) is 24.9 Å². The molecule has 0 aliphatic carbocycles. The van der Waals surface area contributed by atoms with E-state index in [4.69, 9.17) is 10.2 Å². The molecule has 0 aliphatic heterocycles. The second-order valence-corrected chi connectivity index (χ2v) is 4.45. The van der Waals surface area contributed by atoms with Gasteiger partial charge in [-0.25, -0.2) is 4.98 Å². The van der Waals surface area contributed by atoms with Crippen molar-refractivity contribution >= 4 is 11.8 Å². The average Bonchev–Trinajstić information content (AvgIpc) is 2.82. The number of rotatable bonds is 4. The van der Waals surface area contributed by atoms with Crippen molar-refractivity contribution < 1.29 is 4.42 Å². The molecule has 0 aliphatic rings. The quantitative estimate of drug-likeness (QED) is 0.882. The summed E-state index contributed by atoms with van der Waals surface area (Å²) in [4.78, 5) is 5.20. The summed E-state index contributed by atoms with van der Waals surface area (Å²) in [5.41, 5.74) is 7.21. The molecule has 84 valence electrons. The molecule has 1 aromatic heterocycles. The van der Waals surface area contributed by atoms with E-state index in [1.165, 1.54) is 11.8 Å². The first-order chi connectivity index (χ1) is 7.81. The molecule has 2 aromatic rings. The van der Waals surface area contributed by atoms with Crippen LogP contribution in [-0.2, 0) is 0 Å². The topological polar surface area (TPSA) is 52.0 Å². The summed E-state index contributed by atoms with van der Waals surface area (Å²) in [7, 11) is 0. The number of hydrogen-bond donors (Lipinski definition) is 1. The lowest BCUT2D eigenvalue weighted by atomic mass is 10.1. The zero-order valence-corrected chi connectivity index (χ0v) is 9.91. The van der Waals surface area contributed by atoms with Gasteiger partial charge in [0.1, 0.15) is 6.26 Å². The first kappa shape index (κ1) is 11.2. The molecule has 3 nitrogen and oxygen atoms in total. The summed E-state index contributed by atoms with van der Waals surface area (Å²) < 4.78 is 5.22. The lowest BCUT2D eigenvalue weighted by Gasteiger charge is -2.12. The minimum atomic E-state index is 0.0682. The predicted octanol–water partition coefficient (Wildman–Crippen LogP) is 3.24. The Hall–Kier alpha value is -1.26. The van der Waals surface area contributed by atoms with E-state index in [-0.39, 0.29) is 6.04 Å². The van der Waals surface area contributed by atoms with Crippen LogP contribution in [0.4, 0.5) is 0 Å². The third kappa shape index (κ3) is 2.46. The minimum Gasteiger partial charge on any atom is -0.440 e. The first-order valence-corrected chi connectivity index (χ1v) is 6.04. The summed E-state index contributed by atoms with van der Waals surface area (Å²) in [6, 6.07) is 8.17. The summed E-state index contributed by atoms with van der Waals surface area (Å²) in [5.74, 6) is 0. The van der Waals surface area contributed by atoms with E-state index < -0.39 is 0 Å². The van der Waals surface area contributed by atoms with Crippen LogP contribution in [-0.4, -0.2) is 4.98 Å². The van der Waals surface area contributed by atoms with Crippen molar-refractivity contribution in [3.8, 4) is 0 Å². The van der Waals surface area contributed by atoms with Gasteiger partial charge >= 0.3 is 0 Å². The van der Waals surface area contributed by atoms with E-state index in [2.05, 4.69) is 18.0 Å². The van der Waals surface area contributed by atoms with Gasteiger partial charge in [0.05, 0.1) is 6.20 Å². The molecular formula is C12H14N2OS. The summed E-state index contributed by atoms with van der Waals surface area (Å²) in [6.07, 6.45) is 4.14. The molecule has 1 atom stereocenters. The zero-order chi connectivity index (χ0) is 11.4. The average molecular weight is 234 g/mol. The molecule has 16 heavy (non-hydrogen) atoms. The van der Waals surface area contributed by atoms with Crippen LogP contribution in [0.3, 0.4) is 0 Å². The van der Waals surface area contributed by atoms with E-state index in [9.17, 15) is 0 Å². The van der Waals surface area contributed by atoms with Crippen molar-refractivity contribution in [2.45, 2.75) is 29.5 Å². The van der Waals surface area contributed by atoms with Gasteiger partial charge in [-0.1, -0.05) is 25.1 Å². The van der Waals surface area contributed by atoms with Gasteiger partial charge in [0.2, 0.25) is 0 Å². The highest BCUT2D eigenvalue weighted by molar-refractivity contribution is 7.99. The minimum absolute atomic E-state index is 0.0682. The van der Waals surface area contributed by atoms with Gasteiger partial charge in [0.25, 0.3) is 5.22 Å². The fourth-order valence-electron chi connectivity index (χ4n) is 1.45. The highest BCUT2D eigenvalue weighted by Gasteiger charge is 2.11. The van der Waals surface area contributed by atoms with Gasteiger partial charge in [-0.05, 0) is 29.8 Å². The third-order valence-corrected chi connectivity index (χ3v) is 3.33. The zero-order valence-electron chi connectivity index (χ0n) is 9.09. The van der Waals surface area contributed by atoms with Crippen LogP contribution >= 0.6 is 11.8 Å². The second-order valence-electron chi connectivity index (χ2n) is 3.45. The smallest absolute Gasteiger partial charge is 0.260 e. The number of oxazole rings is 1. The lowest BCUT2D eigenvalue weighted by molar-refractivity contribution is 0.454. The molecule has 0 fully saturated rings. The predicted molar refractivity (Wildman–Crippen MR) is 64.3 cm³/mol. The molecule has 4 heteroatoms. The van der Waals surface area contributed by atoms with Crippen molar-refractivity contribution in [2.24, 2.45) is 5.73 Å². The normalized spacial score (nSPS) is 12.6. The summed E-state index contributed by atoms with van der Waals surface area (Å²) in [6.45, 7) is 2.08. The molecule has 0 radical (unpaired) electrons. The van der Waals surface area contributed by atoms with E-state index in [1.807, 2.05) is 18.2 Å². The number of aromatic nitrogens is 1. The van der Waals surface area contributed by atoms with Crippen molar-refractivity contribution in [3.05, 3.63) is 42.3 Å². The van der Waals surface area contributed by atoms with Crippen LogP contribution in [0.15, 0.2) is 51.3 Å². The number of nitrogens with zero attached hydrogens (tertiary/aromatic N) is 1. The van der Waals surface area contributed by atoms with Gasteiger partial charge in [-0.15, -0.1) is 0 Å². The molecule has 0 saturated heterocycles. The Kier molecular flexibility index (Phi) is 3.64. The highest BCUT2D eigenvalue weighted by Crippen LogP contribution is 2.32. The molecule has 0 amide bonds. The van der Waals surface area contributed by atoms with Crippen molar-refractivity contribution in [3.63, 3.8) is 0 Å². The van der Waals surface area contributed by atoms with Crippen LogP contribution in [0, 0.1) is 0 Å². The molecule has 0 unspecified atom stereocenters. The van der Waals surface area contributed by atoms with Crippen LogP contribution < -0.4 is 5.73 Å². The lowest BCUT2D eigenvalue weighted by Crippen LogP contribution is -2.09. The van der Waals surface area contributed by atoms with Crippen molar-refractivity contribution in [1.82, 2.24) is 4.98 Å². The molecule has 2 rings (SSSR count). The fraction of sp³-hybridized carbons (Fsp3) is 0.250. The number of hydrogen-bond acceptors (Lipinski definition) is 4. The molecular weight excluding hydrogens is 220 g/mol. The van der Waals surface area contributed by atoms with E-state index >= 15 is 0 Å². The standard InChI is InChI=1S/C12H14N2OS/c1-2-10(13)9-5-3-4-6-11(9)16-12-14-7-8-15-12/h3-8,10H,2,13H2,1H3/t10-/m1/s1. The highest BCUT2D eigenvalue weighted by atomic mass is 32.2. The maximum absolute atomic E-state index is 6.06. The Morgan fingerprint density at radius 3 is 2.94 bits per heavy atom. The molecule has 0 saturated carbocycles. The number of benzene rings is 1. The Morgan fingerprint density at radius 2 is 2.25 bits per heavy atom. The Balaban J connectivity index is 2.26. The summed E-state index contributed by atoms with van der Waals surface area (Å²) >= 11 is 1.51. The number of nitrogens with two attached hydrogens (primary N) is 1. The molecule has 0 spiro atoms. The fourth-order valence-corrected chi connectivity index (χ4v) is 2.34. The molecule has 1 aromatic carbocycles. The Morgan fingerprint density at radius 1 is 1.44 bits per heavy atom. The van der Waals surface area contributed by atoms with Crippen LogP contribution in [0.5, 0.6) is 0 Å². The first-order valence-electron chi connectivity index (χ1n) is 5.23. The molecule has 2 N–H and O–H groups in total.